The quantitative estimate of drug-likeness (QED) is 0.642. The molecule has 0 spiro atoms. The summed E-state index contributed by atoms with van der Waals surface area (Å²) in [5, 5.41) is 1.05. The van der Waals surface area contributed by atoms with Crippen LogP contribution in [0, 0.1) is 0 Å². The molecule has 0 amide bonds. The molecule has 3 aromatic rings. The molecule has 1 aromatic heterocycles. The van der Waals surface area contributed by atoms with Crippen LogP contribution >= 0.6 is 0 Å². The van der Waals surface area contributed by atoms with Crippen molar-refractivity contribution in [3.63, 3.8) is 0 Å². The summed E-state index contributed by atoms with van der Waals surface area (Å²) in [6.45, 7) is 0. The number of ether oxygens (including phenoxy) is 1. The second-order valence-corrected chi connectivity index (χ2v) is 3.54. The summed E-state index contributed by atoms with van der Waals surface area (Å²) >= 11 is 0. The van der Waals surface area contributed by atoms with Gasteiger partial charge in [-0.2, -0.15) is 0 Å². The van der Waals surface area contributed by atoms with Crippen molar-refractivity contribution in [3.8, 4) is 11.5 Å². The van der Waals surface area contributed by atoms with E-state index >= 15 is 0 Å². The molecule has 0 radical (unpaired) electrons. The second kappa shape index (κ2) is 3.85. The zero-order valence-electron chi connectivity index (χ0n) is 8.59. The molecular weight excluding hydrogens is 199 g/mol. The van der Waals surface area contributed by atoms with Crippen LogP contribution in [0.25, 0.3) is 11.0 Å². The Morgan fingerprint density at radius 3 is 2.69 bits per heavy atom. The summed E-state index contributed by atoms with van der Waals surface area (Å²) in [7, 11) is 1.68. The third kappa shape index (κ3) is 1.72. The van der Waals surface area contributed by atoms with Crippen molar-refractivity contribution in [2.75, 3.05) is 0 Å². The zero-order chi connectivity index (χ0) is 10.8. The maximum atomic E-state index is 5.71. The topological polar surface area (TPSA) is 22.4 Å². The van der Waals surface area contributed by atoms with Crippen molar-refractivity contribution < 1.29 is 9.07 Å². The first-order valence-electron chi connectivity index (χ1n) is 5.12. The fourth-order valence-electron chi connectivity index (χ4n) is 1.63. The van der Waals surface area contributed by atoms with E-state index in [1.165, 1.54) is 0 Å². The minimum absolute atomic E-state index is 0.820. The van der Waals surface area contributed by atoms with Crippen LogP contribution in [0.2, 0.25) is 0 Å². The third-order valence-electron chi connectivity index (χ3n) is 2.40. The van der Waals surface area contributed by atoms with E-state index in [4.69, 9.17) is 9.07 Å². The molecule has 0 fully saturated rings. The Morgan fingerprint density at radius 1 is 0.938 bits per heavy atom. The predicted molar refractivity (Wildman–Crippen MR) is 64.1 cm³/mol. The van der Waals surface area contributed by atoms with Gasteiger partial charge in [0, 0.05) is 0 Å². The summed E-state index contributed by atoms with van der Waals surface area (Å²) in [5.74, 6) is 3.58. The molecule has 0 N–H and O–H groups in total. The number of hydrogen-bond donors (Lipinski definition) is 0. The first kappa shape index (κ1) is 9.22. The van der Waals surface area contributed by atoms with Crippen LogP contribution in [-0.2, 0) is 0 Å². The molecule has 0 aliphatic carbocycles. The molecule has 76 valence electrons. The molecule has 0 saturated carbocycles. The number of fused-ring (bicyclic) bond motifs is 1. The molecule has 0 aliphatic heterocycles. The first-order chi connectivity index (χ1) is 7.92. The van der Waals surface area contributed by atoms with Crippen molar-refractivity contribution in [3.05, 3.63) is 54.5 Å². The van der Waals surface area contributed by atoms with Crippen LogP contribution < -0.4 is 4.74 Å². The summed E-state index contributed by atoms with van der Waals surface area (Å²) in [6, 6.07) is 15.5. The van der Waals surface area contributed by atoms with Crippen molar-refractivity contribution in [2.24, 2.45) is 0 Å². The summed E-state index contributed by atoms with van der Waals surface area (Å²) in [4.78, 5) is 0. The van der Waals surface area contributed by atoms with E-state index in [0.717, 1.165) is 22.5 Å². The van der Waals surface area contributed by atoms with E-state index in [0.29, 0.717) is 0 Å². The van der Waals surface area contributed by atoms with E-state index in [9.17, 15) is 0 Å². The van der Waals surface area contributed by atoms with E-state index < -0.39 is 0 Å². The van der Waals surface area contributed by atoms with Crippen LogP contribution in [0.3, 0.4) is 0 Å². The van der Waals surface area contributed by atoms with E-state index in [1.54, 1.807) is 7.13 Å². The Hall–Kier alpha value is -2.03. The Morgan fingerprint density at radius 2 is 1.81 bits per heavy atom. The predicted octanol–water partition coefficient (Wildman–Crippen LogP) is 3.56. The SMILES string of the molecule is b1cc2cc(Oc3ccccc3)ccc2o1. The molecule has 1 heterocycles. The van der Waals surface area contributed by atoms with Crippen LogP contribution in [0.5, 0.6) is 11.5 Å². The van der Waals surface area contributed by atoms with E-state index in [2.05, 4.69) is 0 Å². The fraction of sp³-hybridized carbons (Fsp3) is 0. The molecule has 3 heteroatoms. The molecule has 0 atom stereocenters. The number of rotatable bonds is 2. The monoisotopic (exact) mass is 208 g/mol. The van der Waals surface area contributed by atoms with Gasteiger partial charge in [0.05, 0.1) is 0 Å². The number of benzene rings is 2. The van der Waals surface area contributed by atoms with Gasteiger partial charge >= 0.3 is 93.2 Å². The Balaban J connectivity index is 1.94. The Bertz CT molecular complexity index is 601. The van der Waals surface area contributed by atoms with Gasteiger partial charge in [0.1, 0.15) is 0 Å². The summed E-state index contributed by atoms with van der Waals surface area (Å²) < 4.78 is 11.0. The van der Waals surface area contributed by atoms with Gasteiger partial charge in [0.25, 0.3) is 0 Å². The number of para-hydroxylation sites is 1. The molecule has 0 bridgehead atoms. The second-order valence-electron chi connectivity index (χ2n) is 3.54. The van der Waals surface area contributed by atoms with Gasteiger partial charge in [0.2, 0.25) is 0 Å². The van der Waals surface area contributed by atoms with Gasteiger partial charge in [-0.1, -0.05) is 0 Å². The molecule has 16 heavy (non-hydrogen) atoms. The van der Waals surface area contributed by atoms with E-state index in [-0.39, 0.29) is 0 Å². The van der Waals surface area contributed by atoms with Gasteiger partial charge < -0.3 is 0 Å². The normalized spacial score (nSPS) is 10.2. The van der Waals surface area contributed by atoms with Gasteiger partial charge in [-0.3, -0.25) is 0 Å². The molecule has 0 saturated heterocycles. The van der Waals surface area contributed by atoms with Crippen LogP contribution in [0.1, 0.15) is 0 Å². The van der Waals surface area contributed by atoms with E-state index in [1.807, 2.05) is 54.5 Å². The summed E-state index contributed by atoms with van der Waals surface area (Å²) in [5.41, 5.74) is 0.875. The van der Waals surface area contributed by atoms with Crippen LogP contribution in [0.4, 0.5) is 0 Å². The van der Waals surface area contributed by atoms with Crippen molar-refractivity contribution in [2.45, 2.75) is 0 Å². The molecule has 2 aromatic carbocycles. The Labute approximate surface area is 93.7 Å². The fourth-order valence-corrected chi connectivity index (χ4v) is 1.63. The molecule has 3 rings (SSSR count). The standard InChI is InChI=1S/C13H9BO2/c1-2-4-11(5-3-1)15-12-6-7-13-10(8-12)9-14-16-13/h1-9H. The van der Waals surface area contributed by atoms with Gasteiger partial charge in [-0.05, 0) is 0 Å². The molecular formula is C13H9BO2. The average molecular weight is 208 g/mol. The van der Waals surface area contributed by atoms with Crippen molar-refractivity contribution in [1.82, 2.24) is 0 Å². The van der Waals surface area contributed by atoms with Gasteiger partial charge in [-0.15, -0.1) is 0 Å². The van der Waals surface area contributed by atoms with Crippen LogP contribution in [-0.4, -0.2) is 7.13 Å². The van der Waals surface area contributed by atoms with Gasteiger partial charge in [-0.25, -0.2) is 0 Å². The average Bonchev–Trinajstić information content (AvgIpc) is 2.77. The van der Waals surface area contributed by atoms with Crippen molar-refractivity contribution in [1.29, 1.82) is 0 Å². The molecule has 0 unspecified atom stereocenters. The zero-order valence-corrected chi connectivity index (χ0v) is 8.59. The third-order valence-corrected chi connectivity index (χ3v) is 2.40. The number of hydrogen-bond acceptors (Lipinski definition) is 2. The van der Waals surface area contributed by atoms with Gasteiger partial charge in [0.15, 0.2) is 0 Å². The Kier molecular flexibility index (Phi) is 2.22. The summed E-state index contributed by atoms with van der Waals surface area (Å²) in [6.07, 6.45) is 0. The molecule has 2 nitrogen and oxygen atoms in total. The first-order valence-corrected chi connectivity index (χ1v) is 5.12. The van der Waals surface area contributed by atoms with Crippen molar-refractivity contribution >= 4 is 18.1 Å². The maximum absolute atomic E-state index is 5.71. The molecule has 0 aliphatic rings. The van der Waals surface area contributed by atoms with Crippen LogP contribution in [0.15, 0.2) is 58.8 Å². The minimum atomic E-state index is 0.820.